The van der Waals surface area contributed by atoms with Crippen molar-refractivity contribution >= 4 is 56.9 Å². The van der Waals surface area contributed by atoms with Gasteiger partial charge in [-0.25, -0.2) is 9.97 Å². The molecule has 13 heteroatoms. The van der Waals surface area contributed by atoms with Gasteiger partial charge in [0, 0.05) is 40.4 Å². The number of allylic oxidation sites excluding steroid dienone is 2. The quantitative estimate of drug-likeness (QED) is 0.0954. The van der Waals surface area contributed by atoms with E-state index < -0.39 is 29.4 Å². The Balaban J connectivity index is 1.28. The Kier molecular flexibility index (Phi) is 10.5. The van der Waals surface area contributed by atoms with Crippen LogP contribution in [0.3, 0.4) is 0 Å². The molecule has 0 radical (unpaired) electrons. The number of nitrogens with one attached hydrogen (secondary N) is 4. The van der Waals surface area contributed by atoms with Crippen LogP contribution in [0, 0.1) is 0 Å². The number of carbonyl (C=O) groups excluding carboxylic acids is 2. The predicted octanol–water partition coefficient (Wildman–Crippen LogP) is 7.88. The van der Waals surface area contributed by atoms with Gasteiger partial charge in [0.2, 0.25) is 17.1 Å². The molecule has 1 aliphatic carbocycles. The van der Waals surface area contributed by atoms with Crippen LogP contribution in [0.1, 0.15) is 42.9 Å². The van der Waals surface area contributed by atoms with E-state index in [2.05, 4.69) is 37.5 Å². The zero-order valence-corrected chi connectivity index (χ0v) is 26.0. The first kappa shape index (κ1) is 33.2. The number of hydrogen-bond acceptors (Lipinski definition) is 6. The largest absolute Gasteiger partial charge is 0.407 e. The summed E-state index contributed by atoms with van der Waals surface area (Å²) >= 11 is 11.9. The van der Waals surface area contributed by atoms with Gasteiger partial charge in [-0.05, 0) is 85.2 Å². The van der Waals surface area contributed by atoms with Gasteiger partial charge in [-0.15, -0.1) is 0 Å². The van der Waals surface area contributed by atoms with Gasteiger partial charge in [-0.2, -0.15) is 13.2 Å². The molecule has 1 fully saturated rings. The summed E-state index contributed by atoms with van der Waals surface area (Å²) in [6, 6.07) is 8.99. The van der Waals surface area contributed by atoms with Crippen molar-refractivity contribution < 1.29 is 22.8 Å². The number of hydrogen-bond donors (Lipinski definition) is 4. The number of aromatic amines is 1. The number of H-pyrrole nitrogens is 1. The second-order valence-electron chi connectivity index (χ2n) is 11.0. The highest BCUT2D eigenvalue weighted by atomic mass is 35.5. The molecule has 0 aliphatic heterocycles. The van der Waals surface area contributed by atoms with E-state index in [0.29, 0.717) is 48.0 Å². The maximum Gasteiger partial charge on any atom is 0.407 e. The standard InChI is InChI=1S/C33H31Cl2F3N6O2/c1-2-29(46)41-21-12-10-20(11-13-21)31(33(36,37)38)42-22-6-4-7-23(16-22)43-32-40-18-26(34)30(44-32)25-17-39-27-15-19(9-14-24(25)27)5-3-8-28(35)45/h2-3,8-15,17-18,22-23,31,39,42H,1,4-7,16H2,(H,41,46)(H,40,43,44)/b8-3+/t22-,23+,31+/m0/s1. The van der Waals surface area contributed by atoms with Crippen LogP contribution >= 0.6 is 23.2 Å². The summed E-state index contributed by atoms with van der Waals surface area (Å²) in [5.41, 5.74) is 3.56. The van der Waals surface area contributed by atoms with Crippen LogP contribution in [0.4, 0.5) is 24.8 Å². The number of rotatable bonds is 11. The number of anilines is 2. The lowest BCUT2D eigenvalue weighted by atomic mass is 9.90. The minimum atomic E-state index is -4.53. The van der Waals surface area contributed by atoms with Crippen LogP contribution in [0.15, 0.2) is 79.7 Å². The molecular weight excluding hydrogens is 640 g/mol. The molecule has 46 heavy (non-hydrogen) atoms. The van der Waals surface area contributed by atoms with Gasteiger partial charge in [0.1, 0.15) is 6.04 Å². The van der Waals surface area contributed by atoms with Crippen LogP contribution < -0.4 is 16.0 Å². The molecule has 1 saturated carbocycles. The summed E-state index contributed by atoms with van der Waals surface area (Å²) in [6.45, 7) is 3.37. The van der Waals surface area contributed by atoms with Crippen molar-refractivity contribution in [1.29, 1.82) is 0 Å². The fourth-order valence-electron chi connectivity index (χ4n) is 5.63. The Morgan fingerprint density at radius 1 is 1.13 bits per heavy atom. The van der Waals surface area contributed by atoms with Crippen molar-refractivity contribution in [3.63, 3.8) is 0 Å². The molecule has 5 rings (SSSR count). The van der Waals surface area contributed by atoms with E-state index in [4.69, 9.17) is 23.2 Å². The highest BCUT2D eigenvalue weighted by molar-refractivity contribution is 6.66. The third kappa shape index (κ3) is 8.34. The summed E-state index contributed by atoms with van der Waals surface area (Å²) in [4.78, 5) is 34.8. The van der Waals surface area contributed by atoms with Crippen molar-refractivity contribution in [2.45, 2.75) is 56.4 Å². The highest BCUT2D eigenvalue weighted by Crippen LogP contribution is 2.36. The van der Waals surface area contributed by atoms with Crippen LogP contribution in [0.25, 0.3) is 22.2 Å². The zero-order valence-electron chi connectivity index (χ0n) is 24.5. The van der Waals surface area contributed by atoms with E-state index in [1.807, 2.05) is 24.4 Å². The highest BCUT2D eigenvalue weighted by Gasteiger charge is 2.42. The maximum atomic E-state index is 14.2. The van der Waals surface area contributed by atoms with E-state index in [1.165, 1.54) is 36.5 Å². The zero-order chi connectivity index (χ0) is 32.8. The van der Waals surface area contributed by atoms with E-state index in [0.717, 1.165) is 34.5 Å². The Hall–Kier alpha value is -4.19. The van der Waals surface area contributed by atoms with Gasteiger partial charge in [-0.3, -0.25) is 14.9 Å². The third-order valence-corrected chi connectivity index (χ3v) is 8.18. The lowest BCUT2D eigenvalue weighted by Gasteiger charge is -2.34. The van der Waals surface area contributed by atoms with Gasteiger partial charge in [-0.1, -0.05) is 48.5 Å². The Labute approximate surface area is 273 Å². The van der Waals surface area contributed by atoms with Crippen molar-refractivity contribution in [2.75, 3.05) is 10.6 Å². The summed E-state index contributed by atoms with van der Waals surface area (Å²) in [5, 5.41) is 9.38. The Bertz CT molecular complexity index is 1760. The van der Waals surface area contributed by atoms with Crippen LogP contribution in [-0.4, -0.2) is 44.4 Å². The minimum absolute atomic E-state index is 0.0533. The van der Waals surface area contributed by atoms with Crippen molar-refractivity contribution in [3.8, 4) is 11.3 Å². The Morgan fingerprint density at radius 3 is 2.61 bits per heavy atom. The molecule has 2 aromatic heterocycles. The first-order valence-corrected chi connectivity index (χ1v) is 15.4. The van der Waals surface area contributed by atoms with Gasteiger partial charge < -0.3 is 15.6 Å². The van der Waals surface area contributed by atoms with Gasteiger partial charge in [0.25, 0.3) is 0 Å². The monoisotopic (exact) mass is 670 g/mol. The topological polar surface area (TPSA) is 112 Å². The minimum Gasteiger partial charge on any atom is -0.360 e. The molecule has 1 amide bonds. The second kappa shape index (κ2) is 14.5. The van der Waals surface area contributed by atoms with Crippen LogP contribution in [0.5, 0.6) is 0 Å². The number of fused-ring (bicyclic) bond motifs is 1. The Morgan fingerprint density at radius 2 is 1.89 bits per heavy atom. The molecule has 4 aromatic rings. The molecule has 0 unspecified atom stereocenters. The van der Waals surface area contributed by atoms with E-state index >= 15 is 0 Å². The summed E-state index contributed by atoms with van der Waals surface area (Å²) < 4.78 is 42.6. The summed E-state index contributed by atoms with van der Waals surface area (Å²) in [7, 11) is 0. The van der Waals surface area contributed by atoms with Crippen molar-refractivity contribution in [2.24, 2.45) is 0 Å². The number of benzene rings is 2. The molecule has 240 valence electrons. The van der Waals surface area contributed by atoms with E-state index in [-0.39, 0.29) is 11.6 Å². The first-order valence-electron chi connectivity index (χ1n) is 14.6. The normalized spacial score (nSPS) is 17.6. The lowest BCUT2D eigenvalue weighted by Crippen LogP contribution is -2.45. The predicted molar refractivity (Wildman–Crippen MR) is 175 cm³/mol. The summed E-state index contributed by atoms with van der Waals surface area (Å²) in [6.07, 6.45) is 5.89. The van der Waals surface area contributed by atoms with E-state index in [1.54, 1.807) is 6.08 Å². The fourth-order valence-corrected chi connectivity index (χ4v) is 5.91. The fraction of sp³-hybridized carbons (Fsp3) is 0.273. The molecule has 0 spiro atoms. The summed E-state index contributed by atoms with van der Waals surface area (Å²) in [5.74, 6) is -0.116. The lowest BCUT2D eigenvalue weighted by molar-refractivity contribution is -0.160. The van der Waals surface area contributed by atoms with E-state index in [9.17, 15) is 22.8 Å². The maximum absolute atomic E-state index is 14.2. The number of nitrogens with zero attached hydrogens (tertiary/aromatic N) is 2. The number of aromatic nitrogens is 3. The molecule has 2 heterocycles. The average molecular weight is 672 g/mol. The molecular formula is C33H31Cl2F3N6O2. The average Bonchev–Trinajstić information content (AvgIpc) is 3.44. The van der Waals surface area contributed by atoms with Gasteiger partial charge >= 0.3 is 6.18 Å². The third-order valence-electron chi connectivity index (χ3n) is 7.78. The van der Waals surface area contributed by atoms with Crippen molar-refractivity contribution in [3.05, 3.63) is 95.8 Å². The number of alkyl halides is 3. The smallest absolute Gasteiger partial charge is 0.360 e. The van der Waals surface area contributed by atoms with Crippen LogP contribution in [0.2, 0.25) is 5.02 Å². The molecule has 2 aromatic carbocycles. The molecule has 1 aliphatic rings. The number of carbonyl (C=O) groups is 2. The van der Waals surface area contributed by atoms with Gasteiger partial charge in [0.15, 0.2) is 0 Å². The SMILES string of the molecule is C=CC(=O)Nc1ccc([C@@H](N[C@H]2CCC[C@@H](Nc3ncc(Cl)c(-c4c[nH]c5cc(C/C=C/C(=O)Cl)ccc45)n3)C2)C(F)(F)F)cc1. The van der Waals surface area contributed by atoms with Crippen LogP contribution in [-0.2, 0) is 16.0 Å². The molecule has 4 N–H and O–H groups in total. The first-order chi connectivity index (χ1) is 22.0. The number of halogens is 5. The molecule has 8 nitrogen and oxygen atoms in total. The molecule has 3 atom stereocenters. The van der Waals surface area contributed by atoms with Crippen molar-refractivity contribution in [1.82, 2.24) is 20.3 Å². The number of amides is 1. The molecule has 0 bridgehead atoms. The van der Waals surface area contributed by atoms with Gasteiger partial charge in [0.05, 0.1) is 16.9 Å². The molecule has 0 saturated heterocycles. The second-order valence-corrected chi connectivity index (χ2v) is 11.8.